The lowest BCUT2D eigenvalue weighted by Crippen LogP contribution is -2.49. The number of fused-ring (bicyclic) bond motifs is 5. The fraction of sp³-hybridized carbons (Fsp3) is 0.750. The molecule has 5 atom stereocenters. The Morgan fingerprint density at radius 2 is 1.95 bits per heavy atom. The van der Waals surface area contributed by atoms with Crippen molar-refractivity contribution < 1.29 is 4.79 Å². The molecule has 0 amide bonds. The molecule has 1 heteroatoms. The van der Waals surface area contributed by atoms with Crippen molar-refractivity contribution >= 4 is 5.78 Å². The maximum Gasteiger partial charge on any atom is 0.164 e. The molecule has 1 nitrogen and oxygen atoms in total. The van der Waals surface area contributed by atoms with Gasteiger partial charge in [-0.05, 0) is 73.7 Å². The quantitative estimate of drug-likeness (QED) is 0.448. The monoisotopic (exact) mass is 284 g/mol. The van der Waals surface area contributed by atoms with E-state index >= 15 is 0 Å². The highest BCUT2D eigenvalue weighted by Crippen LogP contribution is 2.64. The van der Waals surface area contributed by atoms with E-state index in [1.54, 1.807) is 5.57 Å². The summed E-state index contributed by atoms with van der Waals surface area (Å²) in [5.74, 6) is 2.48. The Bertz CT molecular complexity index is 542. The van der Waals surface area contributed by atoms with Crippen LogP contribution >= 0.6 is 0 Å². The molecule has 4 rings (SSSR count). The third-order valence-corrected chi connectivity index (χ3v) is 7.71. The third-order valence-electron chi connectivity index (χ3n) is 7.71. The molecule has 0 saturated heterocycles. The van der Waals surface area contributed by atoms with E-state index in [0.29, 0.717) is 17.1 Å². The molecule has 0 N–H and O–H groups in total. The Morgan fingerprint density at radius 3 is 2.76 bits per heavy atom. The van der Waals surface area contributed by atoms with Gasteiger partial charge in [0.15, 0.2) is 5.78 Å². The van der Waals surface area contributed by atoms with Crippen molar-refractivity contribution in [3.63, 3.8) is 0 Å². The van der Waals surface area contributed by atoms with Crippen LogP contribution in [0.3, 0.4) is 0 Å². The van der Waals surface area contributed by atoms with Gasteiger partial charge in [0.25, 0.3) is 0 Å². The van der Waals surface area contributed by atoms with Gasteiger partial charge in [-0.25, -0.2) is 0 Å². The maximum absolute atomic E-state index is 12.6. The molecule has 0 aromatic carbocycles. The van der Waals surface area contributed by atoms with Gasteiger partial charge in [-0.3, -0.25) is 4.79 Å². The number of rotatable bonds is 0. The second-order valence-electron chi connectivity index (χ2n) is 8.56. The van der Waals surface area contributed by atoms with Gasteiger partial charge in [0.2, 0.25) is 0 Å². The molecule has 0 unspecified atom stereocenters. The Labute approximate surface area is 128 Å². The van der Waals surface area contributed by atoms with Crippen molar-refractivity contribution in [1.82, 2.24) is 0 Å². The Hall–Kier alpha value is -0.850. The largest absolute Gasteiger partial charge is 0.294 e. The number of hydrogen-bond acceptors (Lipinski definition) is 1. The molecular weight excluding hydrogens is 256 g/mol. The molecule has 4 aliphatic rings. The van der Waals surface area contributed by atoms with Gasteiger partial charge in [-0.2, -0.15) is 0 Å². The zero-order valence-corrected chi connectivity index (χ0v) is 13.6. The molecule has 0 spiro atoms. The summed E-state index contributed by atoms with van der Waals surface area (Å²) in [4.78, 5) is 12.6. The van der Waals surface area contributed by atoms with Crippen LogP contribution in [0.2, 0.25) is 0 Å². The van der Waals surface area contributed by atoms with Crippen molar-refractivity contribution in [2.75, 3.05) is 0 Å². The van der Waals surface area contributed by atoms with Crippen LogP contribution in [0.25, 0.3) is 0 Å². The molecule has 3 fully saturated rings. The smallest absolute Gasteiger partial charge is 0.164 e. The van der Waals surface area contributed by atoms with Crippen LogP contribution in [0, 0.1) is 28.6 Å². The van der Waals surface area contributed by atoms with Crippen molar-refractivity contribution in [2.24, 2.45) is 28.6 Å². The summed E-state index contributed by atoms with van der Waals surface area (Å²) in [6.45, 7) is 8.84. The van der Waals surface area contributed by atoms with Gasteiger partial charge >= 0.3 is 0 Å². The second-order valence-corrected chi connectivity index (χ2v) is 8.56. The lowest BCUT2D eigenvalue weighted by Gasteiger charge is -2.56. The number of carbonyl (C=O) groups excluding carboxylic acids is 1. The average molecular weight is 284 g/mol. The molecule has 0 heterocycles. The van der Waals surface area contributed by atoms with Crippen LogP contribution in [0.15, 0.2) is 23.8 Å². The van der Waals surface area contributed by atoms with Crippen molar-refractivity contribution in [1.29, 1.82) is 0 Å². The molecule has 0 radical (unpaired) electrons. The number of Topliss-reactive ketones (excluding diaryl/α,β-unsaturated/α-hetero) is 1. The van der Waals surface area contributed by atoms with Gasteiger partial charge in [-0.15, -0.1) is 0 Å². The van der Waals surface area contributed by atoms with E-state index in [1.165, 1.54) is 38.5 Å². The van der Waals surface area contributed by atoms with E-state index in [4.69, 9.17) is 0 Å². The minimum atomic E-state index is -0.0887. The first-order valence-corrected chi connectivity index (χ1v) is 8.89. The highest BCUT2D eigenvalue weighted by atomic mass is 16.1. The van der Waals surface area contributed by atoms with E-state index in [1.807, 2.05) is 0 Å². The van der Waals surface area contributed by atoms with E-state index in [9.17, 15) is 4.79 Å². The van der Waals surface area contributed by atoms with Gasteiger partial charge in [0.1, 0.15) is 0 Å². The van der Waals surface area contributed by atoms with Gasteiger partial charge in [-0.1, -0.05) is 38.5 Å². The number of carbonyl (C=O) groups is 1. The Kier molecular flexibility index (Phi) is 2.85. The molecule has 0 aliphatic heterocycles. The first kappa shape index (κ1) is 13.8. The predicted octanol–water partition coefficient (Wildman–Crippen LogP) is 5.07. The lowest BCUT2D eigenvalue weighted by atomic mass is 9.48. The molecule has 4 aliphatic carbocycles. The zero-order valence-electron chi connectivity index (χ0n) is 13.6. The van der Waals surface area contributed by atoms with Gasteiger partial charge in [0, 0.05) is 5.41 Å². The predicted molar refractivity (Wildman–Crippen MR) is 85.9 cm³/mol. The van der Waals surface area contributed by atoms with Crippen molar-refractivity contribution in [3.8, 4) is 0 Å². The van der Waals surface area contributed by atoms with Crippen LogP contribution in [0.1, 0.15) is 65.2 Å². The van der Waals surface area contributed by atoms with E-state index < -0.39 is 0 Å². The van der Waals surface area contributed by atoms with Crippen LogP contribution in [0.5, 0.6) is 0 Å². The molecule has 0 aromatic rings. The molecule has 21 heavy (non-hydrogen) atoms. The summed E-state index contributed by atoms with van der Waals surface area (Å²) in [7, 11) is 0. The topological polar surface area (TPSA) is 17.1 Å². The highest BCUT2D eigenvalue weighted by molar-refractivity contribution is 6.02. The van der Waals surface area contributed by atoms with E-state index in [0.717, 1.165) is 30.3 Å². The minimum absolute atomic E-state index is 0.0887. The summed E-state index contributed by atoms with van der Waals surface area (Å²) in [5.41, 5.74) is 3.01. The first-order chi connectivity index (χ1) is 9.97. The van der Waals surface area contributed by atoms with Gasteiger partial charge < -0.3 is 0 Å². The SMILES string of the molecule is C=C1C[C@H]2[C@@H]3CC=C4CCCC[C@]4(C)[C@H]3CC[C@]2(C)C1=O. The fourth-order valence-corrected chi connectivity index (χ4v) is 6.44. The summed E-state index contributed by atoms with van der Waals surface area (Å²) < 4.78 is 0. The van der Waals surface area contributed by atoms with E-state index in [2.05, 4.69) is 26.5 Å². The standard InChI is InChI=1S/C20H28O/c1-13-12-17-15-8-7-14-6-4-5-10-19(14,2)16(15)9-11-20(17,3)18(13)21/h7,15-17H,1,4-6,8-12H2,2-3H3/t15-,16+,17+,19+,20+/m1/s1. The highest BCUT2D eigenvalue weighted by Gasteiger charge is 2.59. The van der Waals surface area contributed by atoms with E-state index in [-0.39, 0.29) is 5.41 Å². The molecule has 3 saturated carbocycles. The third kappa shape index (κ3) is 1.67. The molecule has 0 bridgehead atoms. The Morgan fingerprint density at radius 1 is 1.14 bits per heavy atom. The fourth-order valence-electron chi connectivity index (χ4n) is 6.44. The molecule has 0 aromatic heterocycles. The van der Waals surface area contributed by atoms with Crippen LogP contribution in [-0.2, 0) is 4.79 Å². The second kappa shape index (κ2) is 4.33. The summed E-state index contributed by atoms with van der Waals surface area (Å²) in [6.07, 6.45) is 12.6. The summed E-state index contributed by atoms with van der Waals surface area (Å²) in [5, 5.41) is 0. The lowest BCUT2D eigenvalue weighted by molar-refractivity contribution is -0.129. The van der Waals surface area contributed by atoms with Crippen LogP contribution in [0.4, 0.5) is 0 Å². The summed E-state index contributed by atoms with van der Waals surface area (Å²) in [6, 6.07) is 0. The average Bonchev–Trinajstić information content (AvgIpc) is 2.70. The maximum atomic E-state index is 12.6. The normalized spacial score (nSPS) is 49.2. The Balaban J connectivity index is 1.73. The number of ketones is 1. The molecular formula is C20H28O. The number of hydrogen-bond donors (Lipinski definition) is 0. The van der Waals surface area contributed by atoms with Crippen LogP contribution < -0.4 is 0 Å². The minimum Gasteiger partial charge on any atom is -0.294 e. The van der Waals surface area contributed by atoms with Crippen LogP contribution in [-0.4, -0.2) is 5.78 Å². The van der Waals surface area contributed by atoms with Crippen molar-refractivity contribution in [3.05, 3.63) is 23.8 Å². The molecule has 114 valence electrons. The first-order valence-electron chi connectivity index (χ1n) is 8.89. The summed E-state index contributed by atoms with van der Waals surface area (Å²) >= 11 is 0. The zero-order chi connectivity index (χ0) is 14.8. The van der Waals surface area contributed by atoms with Crippen molar-refractivity contribution in [2.45, 2.75) is 65.2 Å². The number of allylic oxidation sites excluding steroid dienone is 3. The van der Waals surface area contributed by atoms with Gasteiger partial charge in [0.05, 0.1) is 0 Å².